The Morgan fingerprint density at radius 3 is 2.29 bits per heavy atom. The lowest BCUT2D eigenvalue weighted by Crippen LogP contribution is -2.39. The Hall–Kier alpha value is -0.650. The highest BCUT2D eigenvalue weighted by Gasteiger charge is 2.06. The molecular weight excluding hydrogens is 184 g/mol. The Kier molecular flexibility index (Phi) is 7.37. The summed E-state index contributed by atoms with van der Waals surface area (Å²) in [4.78, 5) is 11.1. The summed E-state index contributed by atoms with van der Waals surface area (Å²) in [5.41, 5.74) is 0. The van der Waals surface area contributed by atoms with Crippen molar-refractivity contribution >= 4 is 5.91 Å². The van der Waals surface area contributed by atoms with Crippen LogP contribution < -0.4 is 10.6 Å². The van der Waals surface area contributed by atoms with E-state index in [-0.39, 0.29) is 31.2 Å². The predicted molar refractivity (Wildman–Crippen MR) is 53.9 cm³/mol. The molecule has 0 aromatic rings. The lowest BCUT2D eigenvalue weighted by Gasteiger charge is -2.13. The highest BCUT2D eigenvalue weighted by Crippen LogP contribution is 1.84. The first-order chi connectivity index (χ1) is 6.60. The zero-order valence-corrected chi connectivity index (χ0v) is 8.79. The number of aliphatic hydroxyl groups excluding tert-OH is 2. The Bertz CT molecular complexity index is 158. The first-order valence-electron chi connectivity index (χ1n) is 4.84. The van der Waals surface area contributed by atoms with Crippen LogP contribution in [0.5, 0.6) is 0 Å². The number of hydrogen-bond donors (Lipinski definition) is 4. The van der Waals surface area contributed by atoms with Gasteiger partial charge < -0.3 is 20.8 Å². The van der Waals surface area contributed by atoms with E-state index in [1.54, 1.807) is 0 Å². The summed E-state index contributed by atoms with van der Waals surface area (Å²) >= 11 is 0. The number of amides is 1. The summed E-state index contributed by atoms with van der Waals surface area (Å²) in [6.45, 7) is 4.01. The molecule has 0 aliphatic heterocycles. The third kappa shape index (κ3) is 6.82. The van der Waals surface area contributed by atoms with Crippen molar-refractivity contribution in [2.45, 2.75) is 32.4 Å². The van der Waals surface area contributed by atoms with Crippen LogP contribution in [-0.4, -0.2) is 48.0 Å². The van der Waals surface area contributed by atoms with Crippen LogP contribution in [0.2, 0.25) is 0 Å². The van der Waals surface area contributed by atoms with Crippen molar-refractivity contribution in [3.63, 3.8) is 0 Å². The summed E-state index contributed by atoms with van der Waals surface area (Å²) in [5, 5.41) is 23.0. The van der Waals surface area contributed by atoms with Gasteiger partial charge in [-0.15, -0.1) is 0 Å². The standard InChI is InChI=1S/C9H20N2O3/c1-7(2)11-9(14)3-4-10-8(5-12)6-13/h7-8,10,12-13H,3-6H2,1-2H3,(H,11,14). The van der Waals surface area contributed by atoms with Crippen molar-refractivity contribution in [3.8, 4) is 0 Å². The number of hydrogen-bond acceptors (Lipinski definition) is 4. The molecule has 0 rings (SSSR count). The van der Waals surface area contributed by atoms with E-state index in [9.17, 15) is 4.79 Å². The fourth-order valence-electron chi connectivity index (χ4n) is 0.971. The Morgan fingerprint density at radius 2 is 1.86 bits per heavy atom. The SMILES string of the molecule is CC(C)NC(=O)CCNC(CO)CO. The minimum absolute atomic E-state index is 0.0258. The number of carbonyl (C=O) groups excluding carboxylic acids is 1. The average Bonchev–Trinajstić information content (AvgIpc) is 2.11. The number of aliphatic hydroxyl groups is 2. The second-order valence-electron chi connectivity index (χ2n) is 3.49. The van der Waals surface area contributed by atoms with Crippen molar-refractivity contribution in [2.75, 3.05) is 19.8 Å². The lowest BCUT2D eigenvalue weighted by molar-refractivity contribution is -0.121. The van der Waals surface area contributed by atoms with Gasteiger partial charge in [0.1, 0.15) is 0 Å². The third-order valence-electron chi connectivity index (χ3n) is 1.68. The Morgan fingerprint density at radius 1 is 1.29 bits per heavy atom. The summed E-state index contributed by atoms with van der Waals surface area (Å²) in [6.07, 6.45) is 0.356. The molecule has 5 nitrogen and oxygen atoms in total. The van der Waals surface area contributed by atoms with Crippen molar-refractivity contribution in [1.29, 1.82) is 0 Å². The van der Waals surface area contributed by atoms with Gasteiger partial charge in [-0.05, 0) is 13.8 Å². The van der Waals surface area contributed by atoms with Crippen molar-refractivity contribution < 1.29 is 15.0 Å². The number of nitrogens with one attached hydrogen (secondary N) is 2. The minimum Gasteiger partial charge on any atom is -0.395 e. The largest absolute Gasteiger partial charge is 0.395 e. The van der Waals surface area contributed by atoms with E-state index in [4.69, 9.17) is 10.2 Å². The van der Waals surface area contributed by atoms with Gasteiger partial charge in [-0.3, -0.25) is 4.79 Å². The summed E-state index contributed by atoms with van der Waals surface area (Å²) in [7, 11) is 0. The third-order valence-corrected chi connectivity index (χ3v) is 1.68. The molecule has 0 unspecified atom stereocenters. The molecule has 14 heavy (non-hydrogen) atoms. The van der Waals surface area contributed by atoms with Gasteiger partial charge in [0.05, 0.1) is 19.3 Å². The molecular formula is C9H20N2O3. The van der Waals surface area contributed by atoms with E-state index >= 15 is 0 Å². The topological polar surface area (TPSA) is 81.6 Å². The zero-order chi connectivity index (χ0) is 11.0. The molecule has 0 aliphatic carbocycles. The Balaban J connectivity index is 3.48. The normalized spacial score (nSPS) is 11.0. The maximum Gasteiger partial charge on any atom is 0.221 e. The van der Waals surface area contributed by atoms with E-state index in [2.05, 4.69) is 10.6 Å². The maximum atomic E-state index is 11.1. The molecule has 0 fully saturated rings. The molecule has 0 saturated heterocycles. The van der Waals surface area contributed by atoms with Gasteiger partial charge in [0, 0.05) is 19.0 Å². The van der Waals surface area contributed by atoms with Crippen molar-refractivity contribution in [3.05, 3.63) is 0 Å². The van der Waals surface area contributed by atoms with Crippen LogP contribution in [0.1, 0.15) is 20.3 Å². The van der Waals surface area contributed by atoms with Crippen LogP contribution in [-0.2, 0) is 4.79 Å². The van der Waals surface area contributed by atoms with Crippen LogP contribution in [0.25, 0.3) is 0 Å². The monoisotopic (exact) mass is 204 g/mol. The predicted octanol–water partition coefficient (Wildman–Crippen LogP) is -1.16. The Labute approximate surface area is 84.5 Å². The van der Waals surface area contributed by atoms with Gasteiger partial charge in [0.2, 0.25) is 5.91 Å². The maximum absolute atomic E-state index is 11.1. The van der Waals surface area contributed by atoms with E-state index in [1.807, 2.05) is 13.8 Å². The van der Waals surface area contributed by atoms with Crippen molar-refractivity contribution in [2.24, 2.45) is 0 Å². The highest BCUT2D eigenvalue weighted by atomic mass is 16.3. The van der Waals surface area contributed by atoms with Crippen LogP contribution in [0, 0.1) is 0 Å². The second-order valence-corrected chi connectivity index (χ2v) is 3.49. The van der Waals surface area contributed by atoms with Crippen molar-refractivity contribution in [1.82, 2.24) is 10.6 Å². The molecule has 5 heteroatoms. The van der Waals surface area contributed by atoms with Crippen LogP contribution in [0.3, 0.4) is 0 Å². The van der Waals surface area contributed by atoms with E-state index < -0.39 is 0 Å². The van der Waals surface area contributed by atoms with Gasteiger partial charge in [-0.25, -0.2) is 0 Å². The van der Waals surface area contributed by atoms with E-state index in [1.165, 1.54) is 0 Å². The molecule has 1 amide bonds. The van der Waals surface area contributed by atoms with Crippen LogP contribution in [0.4, 0.5) is 0 Å². The average molecular weight is 204 g/mol. The lowest BCUT2D eigenvalue weighted by atomic mass is 10.3. The number of carbonyl (C=O) groups is 1. The molecule has 0 atom stereocenters. The summed E-state index contributed by atoms with van der Waals surface area (Å²) in [6, 6.07) is -0.184. The molecule has 0 aromatic heterocycles. The first-order valence-corrected chi connectivity index (χ1v) is 4.84. The van der Waals surface area contributed by atoms with Gasteiger partial charge in [-0.1, -0.05) is 0 Å². The molecule has 0 aliphatic rings. The molecule has 0 bridgehead atoms. The van der Waals surface area contributed by atoms with Gasteiger partial charge in [0.15, 0.2) is 0 Å². The minimum atomic E-state index is -0.332. The molecule has 4 N–H and O–H groups in total. The van der Waals surface area contributed by atoms with Gasteiger partial charge in [0.25, 0.3) is 0 Å². The molecule has 84 valence electrons. The molecule has 0 aromatic carbocycles. The summed E-state index contributed by atoms with van der Waals surface area (Å²) < 4.78 is 0. The molecule has 0 radical (unpaired) electrons. The highest BCUT2D eigenvalue weighted by molar-refractivity contribution is 5.76. The fourth-order valence-corrected chi connectivity index (χ4v) is 0.971. The number of rotatable bonds is 7. The summed E-state index contributed by atoms with van der Waals surface area (Å²) in [5.74, 6) is -0.0258. The quantitative estimate of drug-likeness (QED) is 0.422. The van der Waals surface area contributed by atoms with E-state index in [0.29, 0.717) is 13.0 Å². The van der Waals surface area contributed by atoms with Crippen LogP contribution >= 0.6 is 0 Å². The van der Waals surface area contributed by atoms with Gasteiger partial charge in [-0.2, -0.15) is 0 Å². The molecule has 0 spiro atoms. The fraction of sp³-hybridized carbons (Fsp3) is 0.889. The van der Waals surface area contributed by atoms with E-state index in [0.717, 1.165) is 0 Å². The smallest absolute Gasteiger partial charge is 0.221 e. The van der Waals surface area contributed by atoms with Gasteiger partial charge >= 0.3 is 0 Å². The second kappa shape index (κ2) is 7.73. The zero-order valence-electron chi connectivity index (χ0n) is 8.79. The first kappa shape index (κ1) is 13.4. The molecule has 0 heterocycles. The van der Waals surface area contributed by atoms with Crippen LogP contribution in [0.15, 0.2) is 0 Å². The molecule has 0 saturated carbocycles.